The van der Waals surface area contributed by atoms with E-state index in [1.165, 1.54) is 24.8 Å². The molecule has 1 amide bonds. The molecule has 24 heavy (non-hydrogen) atoms. The summed E-state index contributed by atoms with van der Waals surface area (Å²) >= 11 is 0. The number of rotatable bonds is 4. The Labute approximate surface area is 144 Å². The van der Waals surface area contributed by atoms with Crippen molar-refractivity contribution in [1.29, 1.82) is 0 Å². The average molecular weight is 328 g/mol. The number of ether oxygens (including phenoxy) is 1. The van der Waals surface area contributed by atoms with Gasteiger partial charge in [0.05, 0.1) is 7.11 Å². The van der Waals surface area contributed by atoms with Crippen molar-refractivity contribution in [3.63, 3.8) is 0 Å². The number of carbonyl (C=O) groups excluding carboxylic acids is 1. The molecular formula is C20H28N2O2. The molecule has 3 saturated heterocycles. The number of fused-ring (bicyclic) bond motifs is 4. The molecule has 1 saturated carbocycles. The highest BCUT2D eigenvalue weighted by molar-refractivity contribution is 5.80. The molecule has 4 fully saturated rings. The number of methoxy groups -OCH3 is 1. The van der Waals surface area contributed by atoms with Crippen molar-refractivity contribution in [3.05, 3.63) is 29.8 Å². The zero-order valence-electron chi connectivity index (χ0n) is 14.6. The van der Waals surface area contributed by atoms with Crippen LogP contribution < -0.4 is 4.74 Å². The lowest BCUT2D eigenvalue weighted by Crippen LogP contribution is -2.50. The van der Waals surface area contributed by atoms with Crippen LogP contribution in [-0.4, -0.2) is 48.5 Å². The van der Waals surface area contributed by atoms with E-state index in [0.717, 1.165) is 44.8 Å². The van der Waals surface area contributed by atoms with Crippen LogP contribution in [0.1, 0.15) is 37.7 Å². The predicted molar refractivity (Wildman–Crippen MR) is 93.8 cm³/mol. The second-order valence-electron chi connectivity index (χ2n) is 7.76. The number of hydrogen-bond donors (Lipinski definition) is 0. The van der Waals surface area contributed by atoms with Crippen LogP contribution in [0.25, 0.3) is 0 Å². The summed E-state index contributed by atoms with van der Waals surface area (Å²) in [4.78, 5) is 17.5. The SMILES string of the molecule is COc1ccc(CN2C[C@@H]3CC[C@H](C2)N(C(=O)C2CCC2)C3)cc1. The van der Waals surface area contributed by atoms with Gasteiger partial charge in [-0.2, -0.15) is 0 Å². The molecule has 4 nitrogen and oxygen atoms in total. The number of carbonyl (C=O) groups is 1. The average Bonchev–Trinajstić information content (AvgIpc) is 2.84. The fraction of sp³-hybridized carbons (Fsp3) is 0.650. The Balaban J connectivity index is 1.42. The van der Waals surface area contributed by atoms with E-state index in [2.05, 4.69) is 21.9 Å². The summed E-state index contributed by atoms with van der Waals surface area (Å²) in [5.41, 5.74) is 1.33. The first-order valence-electron chi connectivity index (χ1n) is 9.38. The van der Waals surface area contributed by atoms with Crippen LogP contribution in [0.15, 0.2) is 24.3 Å². The van der Waals surface area contributed by atoms with Gasteiger partial charge in [0.1, 0.15) is 5.75 Å². The fourth-order valence-electron chi connectivity index (χ4n) is 4.46. The van der Waals surface area contributed by atoms with Gasteiger partial charge in [0.2, 0.25) is 5.91 Å². The minimum absolute atomic E-state index is 0.333. The van der Waals surface area contributed by atoms with Gasteiger partial charge < -0.3 is 9.64 Å². The lowest BCUT2D eigenvalue weighted by Gasteiger charge is -2.40. The summed E-state index contributed by atoms with van der Waals surface area (Å²) in [5, 5.41) is 0. The van der Waals surface area contributed by atoms with E-state index < -0.39 is 0 Å². The third-order valence-corrected chi connectivity index (χ3v) is 6.09. The molecule has 0 spiro atoms. The second-order valence-corrected chi connectivity index (χ2v) is 7.76. The molecule has 2 bridgehead atoms. The molecule has 5 rings (SSSR count). The molecular weight excluding hydrogens is 300 g/mol. The highest BCUT2D eigenvalue weighted by Gasteiger charge is 2.40. The van der Waals surface area contributed by atoms with Crippen LogP contribution >= 0.6 is 0 Å². The normalized spacial score (nSPS) is 27.6. The van der Waals surface area contributed by atoms with Crippen LogP contribution in [-0.2, 0) is 11.3 Å². The van der Waals surface area contributed by atoms with Crippen molar-refractivity contribution in [3.8, 4) is 5.75 Å². The Morgan fingerprint density at radius 1 is 1.08 bits per heavy atom. The van der Waals surface area contributed by atoms with Gasteiger partial charge in [-0.05, 0) is 49.3 Å². The van der Waals surface area contributed by atoms with Gasteiger partial charge in [0, 0.05) is 38.1 Å². The van der Waals surface area contributed by atoms with E-state index in [9.17, 15) is 4.79 Å². The maximum absolute atomic E-state index is 12.8. The molecule has 3 heterocycles. The number of piperidine rings is 1. The monoisotopic (exact) mass is 328 g/mol. The first kappa shape index (κ1) is 15.9. The Hall–Kier alpha value is -1.55. The molecule has 1 aromatic carbocycles. The number of nitrogens with zero attached hydrogens (tertiary/aromatic N) is 2. The Bertz CT molecular complexity index is 582. The molecule has 0 unspecified atom stereocenters. The van der Waals surface area contributed by atoms with Crippen molar-refractivity contribution >= 4 is 5.91 Å². The van der Waals surface area contributed by atoms with E-state index in [0.29, 0.717) is 23.8 Å². The lowest BCUT2D eigenvalue weighted by molar-refractivity contribution is -0.142. The minimum Gasteiger partial charge on any atom is -0.497 e. The Morgan fingerprint density at radius 2 is 1.88 bits per heavy atom. The molecule has 0 radical (unpaired) electrons. The molecule has 3 aliphatic heterocycles. The van der Waals surface area contributed by atoms with Crippen molar-refractivity contribution in [2.75, 3.05) is 26.7 Å². The molecule has 0 N–H and O–H groups in total. The van der Waals surface area contributed by atoms with E-state index in [4.69, 9.17) is 4.74 Å². The molecule has 1 aromatic rings. The minimum atomic E-state index is 0.333. The zero-order chi connectivity index (χ0) is 16.5. The number of hydrogen-bond acceptors (Lipinski definition) is 3. The van der Waals surface area contributed by atoms with Gasteiger partial charge in [-0.25, -0.2) is 0 Å². The highest BCUT2D eigenvalue weighted by atomic mass is 16.5. The van der Waals surface area contributed by atoms with Crippen LogP contribution in [0.3, 0.4) is 0 Å². The summed E-state index contributed by atoms with van der Waals surface area (Å²) in [6.45, 7) is 4.11. The molecule has 130 valence electrons. The zero-order valence-corrected chi connectivity index (χ0v) is 14.6. The number of benzene rings is 1. The quantitative estimate of drug-likeness (QED) is 0.852. The van der Waals surface area contributed by atoms with Crippen LogP contribution in [0.5, 0.6) is 5.75 Å². The van der Waals surface area contributed by atoms with Gasteiger partial charge in [-0.15, -0.1) is 0 Å². The first-order chi connectivity index (χ1) is 11.7. The van der Waals surface area contributed by atoms with Crippen molar-refractivity contribution in [2.24, 2.45) is 11.8 Å². The van der Waals surface area contributed by atoms with E-state index in [-0.39, 0.29) is 0 Å². The van der Waals surface area contributed by atoms with Crippen LogP contribution in [0.4, 0.5) is 0 Å². The van der Waals surface area contributed by atoms with Crippen LogP contribution in [0.2, 0.25) is 0 Å². The summed E-state index contributed by atoms with van der Waals surface area (Å²) in [5.74, 6) is 2.33. The highest BCUT2D eigenvalue weighted by Crippen LogP contribution is 2.34. The number of amides is 1. The van der Waals surface area contributed by atoms with Gasteiger partial charge in [0.15, 0.2) is 0 Å². The third-order valence-electron chi connectivity index (χ3n) is 6.09. The van der Waals surface area contributed by atoms with Crippen molar-refractivity contribution in [1.82, 2.24) is 9.80 Å². The van der Waals surface area contributed by atoms with E-state index >= 15 is 0 Å². The summed E-state index contributed by atoms with van der Waals surface area (Å²) in [7, 11) is 1.70. The molecule has 0 aromatic heterocycles. The van der Waals surface area contributed by atoms with E-state index in [1.807, 2.05) is 12.1 Å². The van der Waals surface area contributed by atoms with Gasteiger partial charge in [0.25, 0.3) is 0 Å². The van der Waals surface area contributed by atoms with Gasteiger partial charge >= 0.3 is 0 Å². The standard InChI is InChI=1S/C20H28N2O2/c1-24-19-9-6-15(7-10-19)11-21-12-16-5-8-18(14-21)22(13-16)20(23)17-3-2-4-17/h6-7,9-10,16-18H,2-5,8,11-14H2,1H3/t16-,18+/m0/s1. The largest absolute Gasteiger partial charge is 0.497 e. The third kappa shape index (κ3) is 3.16. The fourth-order valence-corrected chi connectivity index (χ4v) is 4.46. The van der Waals surface area contributed by atoms with Crippen molar-refractivity contribution in [2.45, 2.75) is 44.7 Å². The predicted octanol–water partition coefficient (Wildman–Crippen LogP) is 2.92. The Kier molecular flexibility index (Phi) is 4.49. The summed E-state index contributed by atoms with van der Waals surface area (Å²) in [6, 6.07) is 8.81. The maximum Gasteiger partial charge on any atom is 0.225 e. The van der Waals surface area contributed by atoms with Gasteiger partial charge in [-0.1, -0.05) is 18.6 Å². The smallest absolute Gasteiger partial charge is 0.225 e. The van der Waals surface area contributed by atoms with Gasteiger partial charge in [-0.3, -0.25) is 9.69 Å². The molecule has 4 heteroatoms. The second kappa shape index (κ2) is 6.75. The Morgan fingerprint density at radius 3 is 2.54 bits per heavy atom. The van der Waals surface area contributed by atoms with Crippen molar-refractivity contribution < 1.29 is 9.53 Å². The topological polar surface area (TPSA) is 32.8 Å². The summed E-state index contributed by atoms with van der Waals surface area (Å²) in [6.07, 6.45) is 5.92. The van der Waals surface area contributed by atoms with E-state index in [1.54, 1.807) is 7.11 Å². The maximum atomic E-state index is 12.8. The lowest BCUT2D eigenvalue weighted by atomic mass is 9.83. The molecule has 2 atom stereocenters. The van der Waals surface area contributed by atoms with Crippen LogP contribution in [0, 0.1) is 11.8 Å². The first-order valence-corrected chi connectivity index (χ1v) is 9.38. The molecule has 4 aliphatic rings. The molecule has 1 aliphatic carbocycles. The summed E-state index contributed by atoms with van der Waals surface area (Å²) < 4.78 is 5.24.